The van der Waals surface area contributed by atoms with Crippen LogP contribution in [-0.2, 0) is 34.7 Å². The van der Waals surface area contributed by atoms with Crippen molar-refractivity contribution in [1.82, 2.24) is 19.4 Å². The Bertz CT molecular complexity index is 1710. The van der Waals surface area contributed by atoms with Gasteiger partial charge in [-0.15, -0.1) is 0 Å². The molecule has 1 aromatic carbocycles. The Kier molecular flexibility index (Phi) is 6.81. The highest BCUT2D eigenvalue weighted by molar-refractivity contribution is 5.89. The van der Waals surface area contributed by atoms with E-state index in [0.717, 1.165) is 72.8 Å². The summed E-state index contributed by atoms with van der Waals surface area (Å²) in [6.45, 7) is 6.27. The minimum atomic E-state index is -1.85. The first-order valence-electron chi connectivity index (χ1n) is 15.6. The number of aromatic nitrogens is 2. The summed E-state index contributed by atoms with van der Waals surface area (Å²) in [6, 6.07) is 8.96. The van der Waals surface area contributed by atoms with E-state index in [4.69, 9.17) is 9.72 Å². The van der Waals surface area contributed by atoms with E-state index >= 15 is 0 Å². The van der Waals surface area contributed by atoms with Crippen LogP contribution in [0.25, 0.3) is 22.3 Å². The molecule has 0 aliphatic carbocycles. The second kappa shape index (κ2) is 10.4. The summed E-state index contributed by atoms with van der Waals surface area (Å²) in [7, 11) is 0. The number of pyridine rings is 2. The van der Waals surface area contributed by atoms with Gasteiger partial charge in [0.1, 0.15) is 6.61 Å². The summed E-state index contributed by atoms with van der Waals surface area (Å²) < 4.78 is 6.93. The minimum Gasteiger partial charge on any atom is -0.465 e. The average molecular weight is 587 g/mol. The summed E-state index contributed by atoms with van der Waals surface area (Å²) in [5.74, 6) is -0.720. The number of likely N-dealkylation sites (tertiary alicyclic amines) is 2. The lowest BCUT2D eigenvalue weighted by Gasteiger charge is -2.44. The van der Waals surface area contributed by atoms with Gasteiger partial charge in [-0.05, 0) is 74.4 Å². The van der Waals surface area contributed by atoms with Crippen molar-refractivity contribution in [3.63, 3.8) is 0 Å². The molecule has 0 saturated carbocycles. The maximum absolute atomic E-state index is 13.7. The van der Waals surface area contributed by atoms with Crippen LogP contribution in [0, 0.1) is 0 Å². The molecular formula is C33H38N4O6. The van der Waals surface area contributed by atoms with Crippen LogP contribution in [0.15, 0.2) is 29.1 Å². The number of rotatable bonds is 4. The van der Waals surface area contributed by atoms with Crippen molar-refractivity contribution in [3.8, 4) is 11.4 Å². The monoisotopic (exact) mass is 586 g/mol. The molecule has 226 valence electrons. The van der Waals surface area contributed by atoms with Gasteiger partial charge in [0.2, 0.25) is 0 Å². The number of benzene rings is 1. The van der Waals surface area contributed by atoms with Crippen LogP contribution in [0.1, 0.15) is 86.2 Å². The Balaban J connectivity index is 1.28. The van der Waals surface area contributed by atoms with Gasteiger partial charge in [-0.1, -0.05) is 26.3 Å². The number of piperidine rings is 2. The predicted molar refractivity (Wildman–Crippen MR) is 160 cm³/mol. The smallest absolute Gasteiger partial charge is 0.407 e. The number of esters is 1. The molecule has 4 aliphatic rings. The van der Waals surface area contributed by atoms with Crippen molar-refractivity contribution in [2.75, 3.05) is 19.6 Å². The van der Waals surface area contributed by atoms with E-state index in [0.29, 0.717) is 42.5 Å². The number of fused-ring (bicyclic) bond motifs is 5. The highest BCUT2D eigenvalue weighted by atomic mass is 16.6. The fourth-order valence-electron chi connectivity index (χ4n) is 7.93. The first-order chi connectivity index (χ1) is 20.7. The third kappa shape index (κ3) is 4.29. The Hall–Kier alpha value is -3.76. The summed E-state index contributed by atoms with van der Waals surface area (Å²) in [4.78, 5) is 46.9. The van der Waals surface area contributed by atoms with Gasteiger partial charge in [0, 0.05) is 41.7 Å². The van der Waals surface area contributed by atoms with Crippen LogP contribution < -0.4 is 5.56 Å². The molecule has 2 fully saturated rings. The van der Waals surface area contributed by atoms with Gasteiger partial charge in [-0.3, -0.25) is 9.69 Å². The zero-order chi connectivity index (χ0) is 30.0. The number of hydrogen-bond acceptors (Lipinski definition) is 7. The van der Waals surface area contributed by atoms with E-state index in [1.54, 1.807) is 17.6 Å². The third-order valence-electron chi connectivity index (χ3n) is 10.3. The molecule has 3 aromatic rings. The molecule has 4 aliphatic heterocycles. The van der Waals surface area contributed by atoms with E-state index < -0.39 is 17.7 Å². The predicted octanol–water partition coefficient (Wildman–Crippen LogP) is 4.31. The van der Waals surface area contributed by atoms with E-state index in [-0.39, 0.29) is 24.6 Å². The van der Waals surface area contributed by atoms with Gasteiger partial charge in [-0.2, -0.15) is 0 Å². The molecular weight excluding hydrogens is 548 g/mol. The zero-order valence-electron chi connectivity index (χ0n) is 24.8. The number of aryl methyl sites for hydroxylation is 1. The molecule has 2 atom stereocenters. The Morgan fingerprint density at radius 2 is 1.86 bits per heavy atom. The average Bonchev–Trinajstić information content (AvgIpc) is 3.40. The number of nitrogens with zero attached hydrogens (tertiary/aromatic N) is 4. The number of hydrogen-bond donors (Lipinski definition) is 2. The molecule has 0 radical (unpaired) electrons. The molecule has 2 saturated heterocycles. The lowest BCUT2D eigenvalue weighted by molar-refractivity contribution is -0.172. The highest BCUT2D eigenvalue weighted by Crippen LogP contribution is 2.42. The summed E-state index contributed by atoms with van der Waals surface area (Å²) in [5, 5.41) is 21.7. The lowest BCUT2D eigenvalue weighted by Crippen LogP contribution is -2.48. The lowest BCUT2D eigenvalue weighted by atomic mass is 9.86. The second-order valence-corrected chi connectivity index (χ2v) is 12.4. The summed E-state index contributed by atoms with van der Waals surface area (Å²) in [5.41, 5.74) is 4.24. The summed E-state index contributed by atoms with van der Waals surface area (Å²) in [6.07, 6.45) is 5.14. The van der Waals surface area contributed by atoms with Crippen molar-refractivity contribution < 1.29 is 24.5 Å². The van der Waals surface area contributed by atoms with Crippen LogP contribution >= 0.6 is 0 Å². The van der Waals surface area contributed by atoms with Crippen LogP contribution in [0.3, 0.4) is 0 Å². The zero-order valence-corrected chi connectivity index (χ0v) is 24.8. The number of aliphatic hydroxyl groups is 1. The molecule has 0 spiro atoms. The van der Waals surface area contributed by atoms with Crippen LogP contribution in [0.5, 0.6) is 0 Å². The van der Waals surface area contributed by atoms with Gasteiger partial charge in [0.25, 0.3) is 5.56 Å². The van der Waals surface area contributed by atoms with Gasteiger partial charge in [-0.25, -0.2) is 14.6 Å². The van der Waals surface area contributed by atoms with Gasteiger partial charge in [0.05, 0.1) is 29.0 Å². The molecule has 1 amide bonds. The highest BCUT2D eigenvalue weighted by Gasteiger charge is 2.45. The Morgan fingerprint density at radius 3 is 2.58 bits per heavy atom. The molecule has 10 heteroatoms. The van der Waals surface area contributed by atoms with Crippen molar-refractivity contribution in [2.45, 2.75) is 89.6 Å². The van der Waals surface area contributed by atoms with Gasteiger partial charge < -0.3 is 24.4 Å². The number of carboxylic acid groups (broad SMARTS) is 1. The first kappa shape index (κ1) is 28.0. The van der Waals surface area contributed by atoms with Crippen molar-refractivity contribution >= 4 is 23.0 Å². The molecule has 2 N–H and O–H groups in total. The van der Waals surface area contributed by atoms with E-state index in [1.165, 1.54) is 10.5 Å². The fourth-order valence-corrected chi connectivity index (χ4v) is 7.93. The number of carbonyl (C=O) groups excluding carboxylic acids is 1. The Morgan fingerprint density at radius 1 is 1.07 bits per heavy atom. The van der Waals surface area contributed by atoms with E-state index in [9.17, 15) is 24.6 Å². The minimum absolute atomic E-state index is 0.111. The van der Waals surface area contributed by atoms with Gasteiger partial charge in [0.15, 0.2) is 5.60 Å². The standard InChI is InChI=1S/C33H38N4O6/c1-3-21-22-15-19(27-7-5-6-12-36(27)20-10-13-35(14-11-20)32(40)41)8-9-26(22)34-29-23(21)17-37-28(29)16-25-24(30(37)38)18-43-31(39)33(25,42)4-2/h8-9,15-16,20,27,42H,3-7,10-14,17-18H2,1-2H3,(H,40,41). The van der Waals surface area contributed by atoms with Gasteiger partial charge >= 0.3 is 12.1 Å². The SMILES string of the molecule is CCc1c2c(nc3ccc(C4CCCCN4C4CCN(C(=O)O)CC4)cc13)-c1cc3c(c(=O)n1C2)COC(=O)C3(O)CC. The molecule has 10 nitrogen and oxygen atoms in total. The van der Waals surface area contributed by atoms with E-state index in [1.807, 2.05) is 0 Å². The van der Waals surface area contributed by atoms with E-state index in [2.05, 4.69) is 30.0 Å². The van der Waals surface area contributed by atoms with Crippen molar-refractivity contribution in [2.24, 2.45) is 0 Å². The topological polar surface area (TPSA) is 125 Å². The molecule has 2 aromatic heterocycles. The number of amides is 1. The van der Waals surface area contributed by atoms with Crippen molar-refractivity contribution in [1.29, 1.82) is 0 Å². The quantitative estimate of drug-likeness (QED) is 0.339. The Labute approximate surface area is 249 Å². The fraction of sp³-hybridized carbons (Fsp3) is 0.515. The van der Waals surface area contributed by atoms with Crippen LogP contribution in [0.2, 0.25) is 0 Å². The molecule has 7 rings (SSSR count). The third-order valence-corrected chi connectivity index (χ3v) is 10.3. The molecule has 0 bridgehead atoms. The number of cyclic esters (lactones) is 1. The van der Waals surface area contributed by atoms with Crippen molar-refractivity contribution in [3.05, 3.63) is 62.4 Å². The number of carbonyl (C=O) groups is 2. The molecule has 2 unspecified atom stereocenters. The maximum atomic E-state index is 13.7. The first-order valence-corrected chi connectivity index (χ1v) is 15.6. The molecule has 6 heterocycles. The van der Waals surface area contributed by atoms with Crippen LogP contribution in [-0.4, -0.2) is 67.3 Å². The molecule has 43 heavy (non-hydrogen) atoms. The largest absolute Gasteiger partial charge is 0.465 e. The second-order valence-electron chi connectivity index (χ2n) is 12.4. The maximum Gasteiger partial charge on any atom is 0.407 e. The summed E-state index contributed by atoms with van der Waals surface area (Å²) >= 11 is 0. The normalized spacial score (nSPS) is 24.0. The van der Waals surface area contributed by atoms with Crippen LogP contribution in [0.4, 0.5) is 4.79 Å². The number of ether oxygens (including phenoxy) is 1.